The molecule has 0 heterocycles. The average molecular weight is 499 g/mol. The third-order valence-electron chi connectivity index (χ3n) is 6.35. The van der Waals surface area contributed by atoms with E-state index in [1.54, 1.807) is 48.5 Å². The number of rotatable bonds is 7. The highest BCUT2D eigenvalue weighted by atomic mass is 16.2. The molecule has 2 amide bonds. The molecule has 5 nitrogen and oxygen atoms in total. The van der Waals surface area contributed by atoms with E-state index in [0.29, 0.717) is 28.1 Å². The van der Waals surface area contributed by atoms with Crippen molar-refractivity contribution in [3.63, 3.8) is 0 Å². The standard InChI is InChI=1S/C33H26N2O3/c1-22-14-16-23(17-15-22)20-31(36)35-30-19-18-26(21-29(30)32(37)25-9-3-2-4-10-25)34-33(38)28-13-7-11-24-8-5-6-12-27(24)28/h2-19,21H,20H2,1H3,(H,34,38)(H,35,36). The molecule has 0 aliphatic carbocycles. The molecule has 0 aromatic heterocycles. The molecule has 0 saturated heterocycles. The Hall–Kier alpha value is -5.03. The maximum absolute atomic E-state index is 13.5. The van der Waals surface area contributed by atoms with E-state index >= 15 is 0 Å². The number of carbonyl (C=O) groups is 3. The number of ketones is 1. The van der Waals surface area contributed by atoms with Gasteiger partial charge in [-0.25, -0.2) is 0 Å². The zero-order valence-corrected chi connectivity index (χ0v) is 20.9. The second kappa shape index (κ2) is 10.9. The van der Waals surface area contributed by atoms with Crippen LogP contribution >= 0.6 is 0 Å². The summed E-state index contributed by atoms with van der Waals surface area (Å²) in [6, 6.07) is 34.8. The van der Waals surface area contributed by atoms with Gasteiger partial charge in [0.15, 0.2) is 5.78 Å². The summed E-state index contributed by atoms with van der Waals surface area (Å²) in [5.74, 6) is -0.767. The maximum Gasteiger partial charge on any atom is 0.256 e. The summed E-state index contributed by atoms with van der Waals surface area (Å²) in [4.78, 5) is 39.5. The Morgan fingerprint density at radius 2 is 1.37 bits per heavy atom. The van der Waals surface area contributed by atoms with Crippen LogP contribution < -0.4 is 10.6 Å². The molecule has 5 aromatic carbocycles. The van der Waals surface area contributed by atoms with Crippen molar-refractivity contribution in [3.05, 3.63) is 143 Å². The van der Waals surface area contributed by atoms with Crippen LogP contribution in [-0.2, 0) is 11.2 Å². The third kappa shape index (κ3) is 5.52. The van der Waals surface area contributed by atoms with E-state index in [1.165, 1.54) is 0 Å². The van der Waals surface area contributed by atoms with Crippen LogP contribution in [0.4, 0.5) is 11.4 Å². The van der Waals surface area contributed by atoms with Crippen LogP contribution in [0.2, 0.25) is 0 Å². The molecule has 0 radical (unpaired) electrons. The Kier molecular flexibility index (Phi) is 7.09. The van der Waals surface area contributed by atoms with Crippen molar-refractivity contribution in [2.45, 2.75) is 13.3 Å². The van der Waals surface area contributed by atoms with Gasteiger partial charge in [-0.1, -0.05) is 96.6 Å². The van der Waals surface area contributed by atoms with Crippen LogP contribution in [-0.4, -0.2) is 17.6 Å². The van der Waals surface area contributed by atoms with Gasteiger partial charge in [0.25, 0.3) is 5.91 Å². The highest BCUT2D eigenvalue weighted by Gasteiger charge is 2.18. The Balaban J connectivity index is 1.44. The fraction of sp³-hybridized carbons (Fsp3) is 0.0606. The number of nitrogens with one attached hydrogen (secondary N) is 2. The number of fused-ring (bicyclic) bond motifs is 1. The molecule has 2 N–H and O–H groups in total. The highest BCUT2D eigenvalue weighted by molar-refractivity contribution is 6.16. The average Bonchev–Trinajstić information content (AvgIpc) is 2.95. The summed E-state index contributed by atoms with van der Waals surface area (Å²) in [7, 11) is 0. The molecular weight excluding hydrogens is 472 g/mol. The van der Waals surface area contributed by atoms with Crippen molar-refractivity contribution >= 4 is 39.7 Å². The molecule has 0 saturated carbocycles. The molecule has 186 valence electrons. The van der Waals surface area contributed by atoms with E-state index in [1.807, 2.05) is 73.7 Å². The third-order valence-corrected chi connectivity index (χ3v) is 6.35. The van der Waals surface area contributed by atoms with Gasteiger partial charge in [-0.2, -0.15) is 0 Å². The molecule has 0 spiro atoms. The number of anilines is 2. The molecule has 0 atom stereocenters. The van der Waals surface area contributed by atoms with Gasteiger partial charge in [0.1, 0.15) is 0 Å². The van der Waals surface area contributed by atoms with Crippen LogP contribution in [0.25, 0.3) is 10.8 Å². The second-order valence-electron chi connectivity index (χ2n) is 9.15. The fourth-order valence-electron chi connectivity index (χ4n) is 4.37. The van der Waals surface area contributed by atoms with Crippen LogP contribution in [0.1, 0.15) is 37.4 Å². The van der Waals surface area contributed by atoms with Gasteiger partial charge in [0, 0.05) is 22.4 Å². The number of benzene rings is 5. The van der Waals surface area contributed by atoms with Gasteiger partial charge in [0.2, 0.25) is 5.91 Å². The summed E-state index contributed by atoms with van der Waals surface area (Å²) in [6.07, 6.45) is 0.179. The first-order valence-corrected chi connectivity index (χ1v) is 12.4. The lowest BCUT2D eigenvalue weighted by atomic mass is 10.00. The van der Waals surface area contributed by atoms with E-state index in [4.69, 9.17) is 0 Å². The van der Waals surface area contributed by atoms with E-state index in [9.17, 15) is 14.4 Å². The van der Waals surface area contributed by atoms with Crippen molar-refractivity contribution < 1.29 is 14.4 Å². The van der Waals surface area contributed by atoms with Gasteiger partial charge in [-0.3, -0.25) is 14.4 Å². The van der Waals surface area contributed by atoms with Crippen LogP contribution in [0.5, 0.6) is 0 Å². The first kappa shape index (κ1) is 24.7. The summed E-state index contributed by atoms with van der Waals surface area (Å²) in [5.41, 5.74) is 4.16. The summed E-state index contributed by atoms with van der Waals surface area (Å²) >= 11 is 0. The fourth-order valence-corrected chi connectivity index (χ4v) is 4.37. The lowest BCUT2D eigenvalue weighted by molar-refractivity contribution is -0.115. The van der Waals surface area contributed by atoms with Gasteiger partial charge >= 0.3 is 0 Å². The highest BCUT2D eigenvalue weighted by Crippen LogP contribution is 2.26. The smallest absolute Gasteiger partial charge is 0.256 e. The minimum atomic E-state index is -0.281. The number of hydrogen-bond acceptors (Lipinski definition) is 3. The van der Waals surface area contributed by atoms with E-state index in [0.717, 1.165) is 21.9 Å². The normalized spacial score (nSPS) is 10.7. The molecule has 5 aromatic rings. The summed E-state index contributed by atoms with van der Waals surface area (Å²) in [5, 5.41) is 7.61. The molecule has 0 aliphatic rings. The predicted molar refractivity (Wildman–Crippen MR) is 152 cm³/mol. The molecule has 5 heteroatoms. The van der Waals surface area contributed by atoms with Crippen LogP contribution in [0.15, 0.2) is 115 Å². The lowest BCUT2D eigenvalue weighted by Gasteiger charge is -2.14. The zero-order chi connectivity index (χ0) is 26.5. The Labute approximate surface area is 221 Å². The van der Waals surface area contributed by atoms with E-state index in [-0.39, 0.29) is 24.0 Å². The second-order valence-corrected chi connectivity index (χ2v) is 9.15. The molecule has 38 heavy (non-hydrogen) atoms. The van der Waals surface area contributed by atoms with Crippen molar-refractivity contribution in [2.75, 3.05) is 10.6 Å². The Morgan fingerprint density at radius 3 is 2.16 bits per heavy atom. The minimum Gasteiger partial charge on any atom is -0.325 e. The molecule has 0 aliphatic heterocycles. The van der Waals surface area contributed by atoms with Gasteiger partial charge in [0.05, 0.1) is 12.1 Å². The number of aryl methyl sites for hydroxylation is 1. The van der Waals surface area contributed by atoms with E-state index < -0.39 is 0 Å². The molecule has 0 unspecified atom stereocenters. The Morgan fingerprint density at radius 1 is 0.658 bits per heavy atom. The minimum absolute atomic E-state index is 0.179. The van der Waals surface area contributed by atoms with Crippen LogP contribution in [0, 0.1) is 6.92 Å². The Bertz CT molecular complexity index is 1640. The quantitative estimate of drug-likeness (QED) is 0.242. The summed E-state index contributed by atoms with van der Waals surface area (Å²) < 4.78 is 0. The number of hydrogen-bond donors (Lipinski definition) is 2. The van der Waals surface area contributed by atoms with Gasteiger partial charge in [-0.05, 0) is 47.5 Å². The molecular formula is C33H26N2O3. The van der Waals surface area contributed by atoms with E-state index in [2.05, 4.69) is 10.6 Å². The zero-order valence-electron chi connectivity index (χ0n) is 20.9. The molecule has 0 fully saturated rings. The van der Waals surface area contributed by atoms with Crippen LogP contribution in [0.3, 0.4) is 0 Å². The monoisotopic (exact) mass is 498 g/mol. The van der Waals surface area contributed by atoms with Crippen molar-refractivity contribution in [3.8, 4) is 0 Å². The SMILES string of the molecule is Cc1ccc(CC(=O)Nc2ccc(NC(=O)c3cccc4ccccc34)cc2C(=O)c2ccccc2)cc1. The largest absolute Gasteiger partial charge is 0.325 e. The topological polar surface area (TPSA) is 75.3 Å². The van der Waals surface area contributed by atoms with Crippen molar-refractivity contribution in [2.24, 2.45) is 0 Å². The first-order valence-electron chi connectivity index (χ1n) is 12.4. The van der Waals surface area contributed by atoms with Crippen molar-refractivity contribution in [1.82, 2.24) is 0 Å². The first-order chi connectivity index (χ1) is 18.5. The predicted octanol–water partition coefficient (Wildman–Crippen LogP) is 6.81. The number of amides is 2. The van der Waals surface area contributed by atoms with Crippen molar-refractivity contribution in [1.29, 1.82) is 0 Å². The lowest BCUT2D eigenvalue weighted by Crippen LogP contribution is -2.18. The molecule has 0 bridgehead atoms. The molecule has 5 rings (SSSR count). The number of carbonyl (C=O) groups excluding carboxylic acids is 3. The van der Waals surface area contributed by atoms with Gasteiger partial charge in [-0.15, -0.1) is 0 Å². The van der Waals surface area contributed by atoms with Gasteiger partial charge < -0.3 is 10.6 Å². The summed E-state index contributed by atoms with van der Waals surface area (Å²) in [6.45, 7) is 1.99. The maximum atomic E-state index is 13.5.